The molecule has 0 aliphatic heterocycles. The molecule has 74 heavy (non-hydrogen) atoms. The zero-order valence-corrected chi connectivity index (χ0v) is 40.0. The van der Waals surface area contributed by atoms with E-state index in [1.54, 1.807) is 48.5 Å². The molecule has 376 valence electrons. The van der Waals surface area contributed by atoms with Crippen LogP contribution in [0.4, 0.5) is 43.9 Å². The van der Waals surface area contributed by atoms with Crippen molar-refractivity contribution in [1.29, 1.82) is 5.26 Å². The molecule has 0 amide bonds. The summed E-state index contributed by atoms with van der Waals surface area (Å²) in [4.78, 5) is 36.4. The maximum Gasteiger partial charge on any atom is 1.00 e. The van der Waals surface area contributed by atoms with E-state index in [0.717, 1.165) is 54.7 Å². The third kappa shape index (κ3) is 16.1. The maximum absolute atomic E-state index is 12.9. The summed E-state index contributed by atoms with van der Waals surface area (Å²) < 4.78 is 156. The van der Waals surface area contributed by atoms with Gasteiger partial charge in [-0.05, 0) is 78.4 Å². The van der Waals surface area contributed by atoms with E-state index in [2.05, 4.69) is 9.97 Å². The number of aromatic nitrogens is 2. The van der Waals surface area contributed by atoms with Gasteiger partial charge in [0.15, 0.2) is 35.8 Å². The molecule has 0 fully saturated rings. The minimum absolute atomic E-state index is 0. The fourth-order valence-corrected chi connectivity index (χ4v) is 6.22. The molecule has 9 rings (SSSR count). The number of para-hydroxylation sites is 1. The van der Waals surface area contributed by atoms with Gasteiger partial charge in [0.2, 0.25) is 5.76 Å². The van der Waals surface area contributed by atoms with Crippen molar-refractivity contribution in [3.8, 4) is 68.7 Å². The first kappa shape index (κ1) is 56.6. The summed E-state index contributed by atoms with van der Waals surface area (Å²) in [6, 6.07) is 40.3. The standard InChI is InChI=1S/C24H12F6N2O3.C17H12O3.C9H6F3N.CH3F.CO2.Na.H/c25-23(26,27)15-5-1-13(2-6-15)19-21(33-11-31-19)17-9-10-18(35-17)22-20(32-12-34-22)14-3-7-16(8-4-14)24(28,29)30;18-17(19-14-9-5-2-6-10-14)16-12-11-15(20-16)13-7-3-1-4-8-13;10-9(11,12)8-3-1-7(2-4-8)5-6-13;1-2;2-1-3;;/h1-12H;1-12H;1-4H,5H2;1H3;;;/q;;;;;+1;-1/i;;;1D;;;. The van der Waals surface area contributed by atoms with Gasteiger partial charge in [-0.15, -0.1) is 0 Å². The molecule has 4 aromatic heterocycles. The van der Waals surface area contributed by atoms with E-state index >= 15 is 0 Å². The molecule has 22 heteroatoms. The average Bonchev–Trinajstić information content (AvgIpc) is 4.23. The molecule has 0 aliphatic rings. The molecule has 4 heterocycles. The van der Waals surface area contributed by atoms with Gasteiger partial charge in [-0.3, -0.25) is 4.39 Å². The predicted octanol–water partition coefficient (Wildman–Crippen LogP) is 12.0. The Labute approximate surface area is 437 Å². The van der Waals surface area contributed by atoms with Crippen molar-refractivity contribution in [3.05, 3.63) is 199 Å². The second kappa shape index (κ2) is 27.0. The normalized spacial score (nSPS) is 10.9. The van der Waals surface area contributed by atoms with Crippen LogP contribution >= 0.6 is 0 Å². The van der Waals surface area contributed by atoms with Gasteiger partial charge in [0, 0.05) is 16.7 Å². The van der Waals surface area contributed by atoms with Crippen LogP contribution in [0.5, 0.6) is 5.75 Å². The van der Waals surface area contributed by atoms with E-state index in [4.69, 9.17) is 38.6 Å². The van der Waals surface area contributed by atoms with Gasteiger partial charge >= 0.3 is 60.2 Å². The van der Waals surface area contributed by atoms with E-state index in [1.807, 2.05) is 42.5 Å². The first-order chi connectivity index (χ1) is 35.3. The van der Waals surface area contributed by atoms with Gasteiger partial charge in [-0.1, -0.05) is 84.9 Å². The Hall–Kier alpha value is -8.28. The number of carbonyl (C=O) groups excluding carboxylic acids is 3. The first-order valence-corrected chi connectivity index (χ1v) is 20.4. The van der Waals surface area contributed by atoms with Crippen molar-refractivity contribution in [2.75, 3.05) is 7.15 Å². The van der Waals surface area contributed by atoms with Crippen LogP contribution in [0.15, 0.2) is 188 Å². The topological polar surface area (TPSA) is 163 Å². The van der Waals surface area contributed by atoms with Crippen LogP contribution in [-0.4, -0.2) is 29.2 Å². The predicted molar refractivity (Wildman–Crippen MR) is 240 cm³/mol. The number of esters is 1. The molecule has 0 spiro atoms. The minimum Gasteiger partial charge on any atom is -1.00 e. The third-order valence-electron chi connectivity index (χ3n) is 9.54. The van der Waals surface area contributed by atoms with Crippen molar-refractivity contribution in [3.63, 3.8) is 0 Å². The smallest absolute Gasteiger partial charge is 1.00 e. The van der Waals surface area contributed by atoms with Crippen LogP contribution in [0.2, 0.25) is 0 Å². The van der Waals surface area contributed by atoms with Gasteiger partial charge < -0.3 is 23.8 Å². The van der Waals surface area contributed by atoms with Crippen molar-refractivity contribution in [2.45, 2.75) is 24.9 Å². The summed E-state index contributed by atoms with van der Waals surface area (Å²) in [5.74, 6) is 1.59. The van der Waals surface area contributed by atoms with E-state index in [9.17, 15) is 48.7 Å². The number of oxazole rings is 2. The molecule has 0 saturated carbocycles. The molecule has 5 aromatic carbocycles. The van der Waals surface area contributed by atoms with Crippen LogP contribution in [-0.2, 0) is 34.5 Å². The summed E-state index contributed by atoms with van der Waals surface area (Å²) in [5.41, 5.74) is 0.520. The number of hydrogen-bond donors (Lipinski definition) is 0. The van der Waals surface area contributed by atoms with Gasteiger partial charge in [-0.25, -0.2) is 14.8 Å². The fourth-order valence-electron chi connectivity index (χ4n) is 6.22. The number of alkyl halides is 10. The zero-order valence-electron chi connectivity index (χ0n) is 40.0. The fraction of sp³-hybridized carbons (Fsp3) is 0.0962. The zero-order chi connectivity index (χ0) is 53.9. The van der Waals surface area contributed by atoms with Crippen LogP contribution in [0.1, 0.15) is 35.6 Å². The molecule has 9 aromatic rings. The van der Waals surface area contributed by atoms with Crippen LogP contribution in [0, 0.1) is 11.3 Å². The number of ether oxygens (including phenoxy) is 1. The quantitative estimate of drug-likeness (QED) is 0.0616. The van der Waals surface area contributed by atoms with E-state index in [1.165, 1.54) is 36.4 Å². The van der Waals surface area contributed by atoms with Crippen molar-refractivity contribution >= 4 is 12.1 Å². The number of carbonyl (C=O) groups is 1. The molecule has 0 aliphatic carbocycles. The van der Waals surface area contributed by atoms with Gasteiger partial charge in [0.05, 0.1) is 37.7 Å². The molecule has 0 saturated heterocycles. The van der Waals surface area contributed by atoms with Crippen molar-refractivity contribution < 1.29 is 113 Å². The van der Waals surface area contributed by atoms with Gasteiger partial charge in [0.1, 0.15) is 22.9 Å². The Bertz CT molecular complexity index is 3130. The number of halogens is 10. The Morgan fingerprint density at radius 1 is 0.581 bits per heavy atom. The van der Waals surface area contributed by atoms with Crippen LogP contribution in [0.25, 0.3) is 56.9 Å². The monoisotopic (exact) mass is 1040 g/mol. The minimum atomic E-state index is -4.47. The number of nitriles is 1. The van der Waals surface area contributed by atoms with E-state index in [-0.39, 0.29) is 83.7 Å². The summed E-state index contributed by atoms with van der Waals surface area (Å²) in [7, 11) is -1.00. The Morgan fingerprint density at radius 2 is 0.973 bits per heavy atom. The second-order valence-corrected chi connectivity index (χ2v) is 14.2. The molecule has 0 bridgehead atoms. The molecule has 0 atom stereocenters. The van der Waals surface area contributed by atoms with Crippen molar-refractivity contribution in [2.24, 2.45) is 0 Å². The molecule has 11 nitrogen and oxygen atoms in total. The van der Waals surface area contributed by atoms with E-state index < -0.39 is 48.3 Å². The van der Waals surface area contributed by atoms with E-state index in [0.29, 0.717) is 28.2 Å². The second-order valence-electron chi connectivity index (χ2n) is 14.2. The summed E-state index contributed by atoms with van der Waals surface area (Å²) in [6.07, 6.45) is -10.6. The molecule has 0 N–H and O–H groups in total. The van der Waals surface area contributed by atoms with Crippen molar-refractivity contribution in [1.82, 2.24) is 9.97 Å². The number of benzene rings is 5. The van der Waals surface area contributed by atoms with Crippen LogP contribution < -0.4 is 34.3 Å². The average molecular weight is 1040 g/mol. The molecule has 0 radical (unpaired) electrons. The Balaban J connectivity index is 0.000000313. The molecular weight excluding hydrogens is 1010 g/mol. The SMILES string of the molecule is FC(F)(F)c1ccc(-c2ncoc2-c2ccc(-c3ocnc3-c3ccc(C(F)(F)F)cc3)o2)cc1.N#CCc1ccc(C(F)(F)F)cc1.O=C(Oc1ccccc1)c1ccc(-c2ccccc2)o1.O=C=O.[2H]CF.[H-].[Na+]. The summed E-state index contributed by atoms with van der Waals surface area (Å²) in [5, 5.41) is 8.28. The Morgan fingerprint density at radius 3 is 1.38 bits per heavy atom. The number of furan rings is 2. The molecular formula is C52H34F10N3NaO8. The third-order valence-corrected chi connectivity index (χ3v) is 9.54. The number of nitrogens with zero attached hydrogens (tertiary/aromatic N) is 3. The first-order valence-electron chi connectivity index (χ1n) is 21.1. The molecule has 0 unspecified atom stereocenters. The number of rotatable bonds is 8. The summed E-state index contributed by atoms with van der Waals surface area (Å²) in [6.45, 7) is 0. The number of hydrogen-bond acceptors (Lipinski definition) is 11. The van der Waals surface area contributed by atoms with Crippen LogP contribution in [0.3, 0.4) is 0 Å². The largest absolute Gasteiger partial charge is 1.00 e. The van der Waals surface area contributed by atoms with Gasteiger partial charge in [-0.2, -0.15) is 54.4 Å². The van der Waals surface area contributed by atoms with Gasteiger partial charge in [0.25, 0.3) is 0 Å². The summed E-state index contributed by atoms with van der Waals surface area (Å²) >= 11 is 0. The maximum atomic E-state index is 12.9. The Kier molecular flexibility index (Phi) is 20.6.